The van der Waals surface area contributed by atoms with E-state index < -0.39 is 17.1 Å². The van der Waals surface area contributed by atoms with Gasteiger partial charge in [-0.15, -0.1) is 0 Å². The number of phenols is 1. The van der Waals surface area contributed by atoms with Crippen molar-refractivity contribution in [1.82, 2.24) is 0 Å². The molecule has 1 atom stereocenters. The van der Waals surface area contributed by atoms with Gasteiger partial charge in [-0.2, -0.15) is 0 Å². The number of primary amides is 1. The SMILES string of the molecule is COc1cc(O)c2c(c1C(N)=O)OC1=CC(O)=CC(=O)C12C. The average Bonchev–Trinajstić information content (AvgIpc) is 2.72. The van der Waals surface area contributed by atoms with Gasteiger partial charge in [0.05, 0.1) is 12.7 Å². The summed E-state index contributed by atoms with van der Waals surface area (Å²) in [5.74, 6) is -1.70. The standard InChI is InChI=1S/C15H13NO6/c1-15-9(19)3-6(17)4-10(15)22-13-11(14(16)20)8(21-2)5-7(18)12(13)15/h3-5,17-18H,1-2H3,(H2,16,20). The zero-order chi connectivity index (χ0) is 16.2. The second-order valence-corrected chi connectivity index (χ2v) is 5.21. The minimum atomic E-state index is -1.33. The molecular formula is C15H13NO6. The molecular weight excluding hydrogens is 290 g/mol. The Morgan fingerprint density at radius 2 is 2.05 bits per heavy atom. The number of allylic oxidation sites excluding steroid dienone is 3. The molecule has 1 amide bonds. The maximum atomic E-state index is 12.3. The van der Waals surface area contributed by atoms with Gasteiger partial charge in [-0.1, -0.05) is 0 Å². The second kappa shape index (κ2) is 4.27. The maximum absolute atomic E-state index is 12.3. The van der Waals surface area contributed by atoms with Crippen molar-refractivity contribution >= 4 is 11.7 Å². The van der Waals surface area contributed by atoms with E-state index in [9.17, 15) is 19.8 Å². The summed E-state index contributed by atoms with van der Waals surface area (Å²) in [5.41, 5.74) is 4.09. The number of benzene rings is 1. The molecule has 4 N–H and O–H groups in total. The van der Waals surface area contributed by atoms with Gasteiger partial charge in [0.1, 0.15) is 34.0 Å². The molecule has 1 heterocycles. The molecule has 1 aliphatic carbocycles. The van der Waals surface area contributed by atoms with Gasteiger partial charge >= 0.3 is 0 Å². The Kier molecular flexibility index (Phi) is 2.71. The van der Waals surface area contributed by atoms with Gasteiger partial charge in [0.15, 0.2) is 11.5 Å². The summed E-state index contributed by atoms with van der Waals surface area (Å²) in [6.07, 6.45) is 2.30. The molecule has 7 heteroatoms. The van der Waals surface area contributed by atoms with Crippen LogP contribution in [0.3, 0.4) is 0 Å². The van der Waals surface area contributed by atoms with Crippen molar-refractivity contribution < 1.29 is 29.3 Å². The predicted molar refractivity (Wildman–Crippen MR) is 75.0 cm³/mol. The summed E-state index contributed by atoms with van der Waals surface area (Å²) in [7, 11) is 1.31. The van der Waals surface area contributed by atoms with E-state index in [1.807, 2.05) is 0 Å². The van der Waals surface area contributed by atoms with Crippen LogP contribution in [0.4, 0.5) is 0 Å². The topological polar surface area (TPSA) is 119 Å². The van der Waals surface area contributed by atoms with Gasteiger partial charge in [-0.05, 0) is 6.92 Å². The van der Waals surface area contributed by atoms with E-state index in [1.54, 1.807) is 0 Å². The highest BCUT2D eigenvalue weighted by atomic mass is 16.5. The van der Waals surface area contributed by atoms with Crippen LogP contribution in [-0.2, 0) is 10.2 Å². The molecule has 0 radical (unpaired) electrons. The van der Waals surface area contributed by atoms with E-state index in [1.165, 1.54) is 26.2 Å². The highest BCUT2D eigenvalue weighted by molar-refractivity contribution is 6.07. The first kappa shape index (κ1) is 14.0. The molecule has 1 unspecified atom stereocenters. The summed E-state index contributed by atoms with van der Waals surface area (Å²) in [5, 5.41) is 19.8. The normalized spacial score (nSPS) is 22.2. The summed E-state index contributed by atoms with van der Waals surface area (Å²) in [6.45, 7) is 1.53. The van der Waals surface area contributed by atoms with E-state index in [-0.39, 0.29) is 39.9 Å². The lowest BCUT2D eigenvalue weighted by molar-refractivity contribution is -0.118. The number of amides is 1. The molecule has 0 saturated carbocycles. The monoisotopic (exact) mass is 303 g/mol. The first-order chi connectivity index (χ1) is 10.3. The zero-order valence-electron chi connectivity index (χ0n) is 11.8. The summed E-state index contributed by atoms with van der Waals surface area (Å²) >= 11 is 0. The van der Waals surface area contributed by atoms with Crippen molar-refractivity contribution in [3.8, 4) is 17.2 Å². The van der Waals surface area contributed by atoms with Crippen molar-refractivity contribution in [2.24, 2.45) is 5.73 Å². The molecule has 7 nitrogen and oxygen atoms in total. The van der Waals surface area contributed by atoms with Crippen molar-refractivity contribution in [3.05, 3.63) is 40.9 Å². The van der Waals surface area contributed by atoms with Crippen LogP contribution < -0.4 is 15.2 Å². The van der Waals surface area contributed by atoms with Crippen LogP contribution in [0.15, 0.2) is 29.7 Å². The third-order valence-electron chi connectivity index (χ3n) is 3.95. The molecule has 0 aromatic heterocycles. The molecule has 0 spiro atoms. The van der Waals surface area contributed by atoms with Crippen LogP contribution in [0.1, 0.15) is 22.8 Å². The molecule has 22 heavy (non-hydrogen) atoms. The second-order valence-electron chi connectivity index (χ2n) is 5.21. The fraction of sp³-hybridized carbons (Fsp3) is 0.200. The molecule has 0 fully saturated rings. The van der Waals surface area contributed by atoms with Gasteiger partial charge < -0.3 is 25.4 Å². The number of aliphatic hydroxyl groups is 1. The maximum Gasteiger partial charge on any atom is 0.256 e. The number of aromatic hydroxyl groups is 1. The zero-order valence-corrected chi connectivity index (χ0v) is 11.8. The molecule has 0 saturated heterocycles. The Morgan fingerprint density at radius 1 is 1.36 bits per heavy atom. The Balaban J connectivity index is 2.37. The van der Waals surface area contributed by atoms with Crippen molar-refractivity contribution in [2.45, 2.75) is 12.3 Å². The van der Waals surface area contributed by atoms with E-state index >= 15 is 0 Å². The number of ether oxygens (including phenoxy) is 2. The lowest BCUT2D eigenvalue weighted by Crippen LogP contribution is -2.33. The summed E-state index contributed by atoms with van der Waals surface area (Å²) < 4.78 is 10.6. The van der Waals surface area contributed by atoms with Crippen molar-refractivity contribution in [2.75, 3.05) is 7.11 Å². The van der Waals surface area contributed by atoms with E-state index in [0.29, 0.717) is 0 Å². The molecule has 2 aliphatic rings. The third kappa shape index (κ3) is 1.56. The Hall–Kier alpha value is -2.96. The van der Waals surface area contributed by atoms with Crippen molar-refractivity contribution in [3.63, 3.8) is 0 Å². The van der Waals surface area contributed by atoms with Crippen LogP contribution in [0.25, 0.3) is 0 Å². The predicted octanol–water partition coefficient (Wildman–Crippen LogP) is 1.06. The first-order valence-corrected chi connectivity index (χ1v) is 6.40. The molecule has 3 rings (SSSR count). The Morgan fingerprint density at radius 3 is 2.64 bits per heavy atom. The summed E-state index contributed by atoms with van der Waals surface area (Å²) in [6, 6.07) is 1.21. The fourth-order valence-electron chi connectivity index (χ4n) is 2.81. The van der Waals surface area contributed by atoms with E-state index in [0.717, 1.165) is 6.08 Å². The van der Waals surface area contributed by atoms with Gasteiger partial charge in [0.2, 0.25) is 0 Å². The minimum absolute atomic E-state index is 0.0328. The smallest absolute Gasteiger partial charge is 0.256 e. The number of ketones is 1. The number of phenolic OH excluding ortho intramolecular Hbond substituents is 1. The van der Waals surface area contributed by atoms with E-state index in [4.69, 9.17) is 15.2 Å². The number of rotatable bonds is 2. The summed E-state index contributed by atoms with van der Waals surface area (Å²) in [4.78, 5) is 24.1. The van der Waals surface area contributed by atoms with Gasteiger partial charge in [0, 0.05) is 18.2 Å². The lowest BCUT2D eigenvalue weighted by Gasteiger charge is -2.24. The molecule has 1 aliphatic heterocycles. The number of carbonyl (C=O) groups excluding carboxylic acids is 2. The van der Waals surface area contributed by atoms with Crippen LogP contribution in [0.2, 0.25) is 0 Å². The van der Waals surface area contributed by atoms with Crippen molar-refractivity contribution in [1.29, 1.82) is 0 Å². The van der Waals surface area contributed by atoms with Crippen LogP contribution in [-0.4, -0.2) is 29.0 Å². The van der Waals surface area contributed by atoms with Gasteiger partial charge in [-0.25, -0.2) is 0 Å². The Bertz CT molecular complexity index is 792. The van der Waals surface area contributed by atoms with Crippen LogP contribution in [0, 0.1) is 0 Å². The lowest BCUT2D eigenvalue weighted by atomic mass is 9.74. The molecule has 1 aromatic carbocycles. The third-order valence-corrected chi connectivity index (χ3v) is 3.95. The highest BCUT2D eigenvalue weighted by Gasteiger charge is 2.52. The van der Waals surface area contributed by atoms with E-state index in [2.05, 4.69) is 0 Å². The van der Waals surface area contributed by atoms with Crippen LogP contribution in [0.5, 0.6) is 17.2 Å². The minimum Gasteiger partial charge on any atom is -0.508 e. The molecule has 0 bridgehead atoms. The van der Waals surface area contributed by atoms with Gasteiger partial charge in [0.25, 0.3) is 5.91 Å². The fourth-order valence-corrected chi connectivity index (χ4v) is 2.81. The number of carbonyl (C=O) groups is 2. The number of aliphatic hydroxyl groups excluding tert-OH is 1. The number of hydrogen-bond donors (Lipinski definition) is 3. The van der Waals surface area contributed by atoms with Gasteiger partial charge in [-0.3, -0.25) is 9.59 Å². The number of nitrogens with two attached hydrogens (primary N) is 1. The molecule has 1 aromatic rings. The average molecular weight is 303 g/mol. The number of fused-ring (bicyclic) bond motifs is 3. The number of hydrogen-bond acceptors (Lipinski definition) is 6. The Labute approximate surface area is 125 Å². The van der Waals surface area contributed by atoms with Crippen LogP contribution >= 0.6 is 0 Å². The number of methoxy groups -OCH3 is 1. The molecule has 114 valence electrons. The highest BCUT2D eigenvalue weighted by Crippen LogP contribution is 2.55. The first-order valence-electron chi connectivity index (χ1n) is 6.40. The quantitative estimate of drug-likeness (QED) is 0.751. The largest absolute Gasteiger partial charge is 0.508 e.